The maximum absolute atomic E-state index is 12.1. The molecule has 2 saturated carbocycles. The molecular formula is C16H28N2O3. The van der Waals surface area contributed by atoms with Crippen molar-refractivity contribution in [3.8, 4) is 0 Å². The van der Waals surface area contributed by atoms with E-state index in [4.69, 9.17) is 0 Å². The van der Waals surface area contributed by atoms with E-state index in [0.717, 1.165) is 31.6 Å². The Bertz CT molecular complexity index is 399. The highest BCUT2D eigenvalue weighted by Gasteiger charge is 2.43. The van der Waals surface area contributed by atoms with Crippen LogP contribution in [0.15, 0.2) is 0 Å². The third kappa shape index (κ3) is 4.11. The second kappa shape index (κ2) is 6.67. The summed E-state index contributed by atoms with van der Waals surface area (Å²) in [5, 5.41) is 15.1. The Labute approximate surface area is 126 Å². The fraction of sp³-hybridized carbons (Fsp3) is 0.875. The number of carboxylic acids is 1. The fourth-order valence-corrected chi connectivity index (χ4v) is 3.92. The first-order valence-electron chi connectivity index (χ1n) is 8.20. The lowest BCUT2D eigenvalue weighted by Crippen LogP contribution is -2.59. The van der Waals surface area contributed by atoms with Crippen LogP contribution in [0.25, 0.3) is 0 Å². The van der Waals surface area contributed by atoms with Crippen molar-refractivity contribution in [2.75, 3.05) is 6.54 Å². The summed E-state index contributed by atoms with van der Waals surface area (Å²) in [7, 11) is 0. The summed E-state index contributed by atoms with van der Waals surface area (Å²) in [5.41, 5.74) is -1.08. The number of hydrogen-bond acceptors (Lipinski definition) is 2. The molecule has 2 fully saturated rings. The van der Waals surface area contributed by atoms with Crippen LogP contribution in [-0.4, -0.2) is 29.2 Å². The highest BCUT2D eigenvalue weighted by Crippen LogP contribution is 2.33. The van der Waals surface area contributed by atoms with Crippen molar-refractivity contribution in [2.45, 2.75) is 64.3 Å². The third-order valence-corrected chi connectivity index (χ3v) is 5.11. The Morgan fingerprint density at radius 3 is 2.52 bits per heavy atom. The molecule has 4 atom stereocenters. The lowest BCUT2D eigenvalue weighted by Gasteiger charge is -2.37. The van der Waals surface area contributed by atoms with Gasteiger partial charge in [-0.1, -0.05) is 33.1 Å². The summed E-state index contributed by atoms with van der Waals surface area (Å²) >= 11 is 0. The first kappa shape index (κ1) is 16.1. The molecule has 21 heavy (non-hydrogen) atoms. The normalized spacial score (nSPS) is 36.2. The zero-order chi connectivity index (χ0) is 15.5. The summed E-state index contributed by atoms with van der Waals surface area (Å²) in [6, 6.07) is -0.328. The van der Waals surface area contributed by atoms with Crippen LogP contribution in [0.1, 0.15) is 58.8 Å². The Kier molecular flexibility index (Phi) is 5.12. The molecule has 2 aliphatic rings. The molecule has 0 saturated heterocycles. The second-order valence-corrected chi connectivity index (χ2v) is 7.21. The molecule has 0 spiro atoms. The minimum atomic E-state index is -1.08. The Hall–Kier alpha value is -1.26. The molecule has 3 N–H and O–H groups in total. The van der Waals surface area contributed by atoms with Gasteiger partial charge in [-0.05, 0) is 43.4 Å². The van der Waals surface area contributed by atoms with Crippen LogP contribution < -0.4 is 10.6 Å². The van der Waals surface area contributed by atoms with Crippen molar-refractivity contribution in [3.05, 3.63) is 0 Å². The largest absolute Gasteiger partial charge is 0.480 e. The lowest BCUT2D eigenvalue weighted by molar-refractivity contribution is -0.146. The monoisotopic (exact) mass is 296 g/mol. The summed E-state index contributed by atoms with van der Waals surface area (Å²) in [6.07, 6.45) is 6.48. The van der Waals surface area contributed by atoms with Crippen LogP contribution in [0, 0.1) is 17.8 Å². The number of nitrogens with one attached hydrogen (secondary N) is 2. The number of hydrogen-bond donors (Lipinski definition) is 3. The van der Waals surface area contributed by atoms with Gasteiger partial charge in [0, 0.05) is 6.54 Å². The van der Waals surface area contributed by atoms with Crippen LogP contribution in [0.4, 0.5) is 4.79 Å². The van der Waals surface area contributed by atoms with Gasteiger partial charge in [-0.3, -0.25) is 0 Å². The maximum Gasteiger partial charge on any atom is 0.329 e. The zero-order valence-electron chi connectivity index (χ0n) is 13.2. The van der Waals surface area contributed by atoms with E-state index < -0.39 is 11.5 Å². The van der Waals surface area contributed by atoms with E-state index in [9.17, 15) is 14.7 Å². The van der Waals surface area contributed by atoms with Crippen molar-refractivity contribution in [1.82, 2.24) is 10.6 Å². The van der Waals surface area contributed by atoms with Crippen LogP contribution >= 0.6 is 0 Å². The van der Waals surface area contributed by atoms with Crippen molar-refractivity contribution in [2.24, 2.45) is 17.8 Å². The van der Waals surface area contributed by atoms with Crippen molar-refractivity contribution < 1.29 is 14.7 Å². The highest BCUT2D eigenvalue weighted by molar-refractivity contribution is 5.86. The number of amides is 2. The standard InChI is InChI=1S/C16H28N2O3/c1-11-5-6-13(8-11)10-17-15(21)18-16(14(19)20)7-3-4-12(2)9-16/h11-13H,3-10H2,1-2H3,(H,19,20)(H2,17,18,21). The quantitative estimate of drug-likeness (QED) is 0.746. The highest BCUT2D eigenvalue weighted by atomic mass is 16.4. The number of urea groups is 1. The maximum atomic E-state index is 12.1. The van der Waals surface area contributed by atoms with E-state index in [2.05, 4.69) is 24.5 Å². The van der Waals surface area contributed by atoms with Gasteiger partial charge in [0.05, 0.1) is 0 Å². The van der Waals surface area contributed by atoms with Crippen LogP contribution in [0.3, 0.4) is 0 Å². The van der Waals surface area contributed by atoms with Gasteiger partial charge in [-0.25, -0.2) is 9.59 Å². The molecular weight excluding hydrogens is 268 g/mol. The SMILES string of the molecule is CC1CCC(CNC(=O)NC2(C(=O)O)CCCC(C)C2)C1. The molecule has 2 rings (SSSR count). The number of carboxylic acid groups (broad SMARTS) is 1. The van der Waals surface area contributed by atoms with Gasteiger partial charge < -0.3 is 15.7 Å². The molecule has 5 heteroatoms. The van der Waals surface area contributed by atoms with Crippen molar-refractivity contribution >= 4 is 12.0 Å². The minimum Gasteiger partial charge on any atom is -0.480 e. The van der Waals surface area contributed by atoms with Crippen LogP contribution in [0.2, 0.25) is 0 Å². The van der Waals surface area contributed by atoms with Crippen LogP contribution in [0.5, 0.6) is 0 Å². The minimum absolute atomic E-state index is 0.328. The van der Waals surface area contributed by atoms with Crippen molar-refractivity contribution in [3.63, 3.8) is 0 Å². The van der Waals surface area contributed by atoms with Crippen molar-refractivity contribution in [1.29, 1.82) is 0 Å². The molecule has 0 radical (unpaired) electrons. The number of carbonyl (C=O) groups is 2. The molecule has 0 aromatic carbocycles. The summed E-state index contributed by atoms with van der Waals surface area (Å²) in [4.78, 5) is 23.7. The predicted molar refractivity (Wildman–Crippen MR) is 81.0 cm³/mol. The number of carbonyl (C=O) groups excluding carboxylic acids is 1. The van der Waals surface area contributed by atoms with Gasteiger partial charge in [-0.2, -0.15) is 0 Å². The average Bonchev–Trinajstić information content (AvgIpc) is 2.82. The molecule has 0 heterocycles. The predicted octanol–water partition coefficient (Wildman–Crippen LogP) is 2.76. The van der Waals surface area contributed by atoms with Gasteiger partial charge in [0.25, 0.3) is 0 Å². The molecule has 0 bridgehead atoms. The molecule has 0 aromatic heterocycles. The molecule has 4 unspecified atom stereocenters. The number of aliphatic carboxylic acids is 1. The molecule has 0 aromatic rings. The second-order valence-electron chi connectivity index (χ2n) is 7.21. The molecule has 120 valence electrons. The zero-order valence-corrected chi connectivity index (χ0v) is 13.2. The van der Waals surface area contributed by atoms with E-state index in [1.807, 2.05) is 0 Å². The van der Waals surface area contributed by atoms with E-state index in [0.29, 0.717) is 31.2 Å². The van der Waals surface area contributed by atoms with Gasteiger partial charge in [0.1, 0.15) is 5.54 Å². The van der Waals surface area contributed by atoms with Gasteiger partial charge in [0.2, 0.25) is 0 Å². The molecule has 5 nitrogen and oxygen atoms in total. The Morgan fingerprint density at radius 2 is 1.95 bits per heavy atom. The summed E-state index contributed by atoms with van der Waals surface area (Å²) in [5.74, 6) is 0.714. The third-order valence-electron chi connectivity index (χ3n) is 5.11. The first-order chi connectivity index (χ1) is 9.91. The van der Waals surface area contributed by atoms with Gasteiger partial charge in [-0.15, -0.1) is 0 Å². The first-order valence-corrected chi connectivity index (χ1v) is 8.20. The Balaban J connectivity index is 1.85. The molecule has 0 aliphatic heterocycles. The van der Waals surface area contributed by atoms with E-state index >= 15 is 0 Å². The molecule has 2 aliphatic carbocycles. The topological polar surface area (TPSA) is 78.4 Å². The number of rotatable bonds is 4. The smallest absolute Gasteiger partial charge is 0.329 e. The Morgan fingerprint density at radius 1 is 1.19 bits per heavy atom. The van der Waals surface area contributed by atoms with E-state index in [1.54, 1.807) is 0 Å². The van der Waals surface area contributed by atoms with Gasteiger partial charge in [0.15, 0.2) is 0 Å². The van der Waals surface area contributed by atoms with Gasteiger partial charge >= 0.3 is 12.0 Å². The fourth-order valence-electron chi connectivity index (χ4n) is 3.92. The summed E-state index contributed by atoms with van der Waals surface area (Å²) < 4.78 is 0. The summed E-state index contributed by atoms with van der Waals surface area (Å²) in [6.45, 7) is 4.95. The van der Waals surface area contributed by atoms with E-state index in [1.165, 1.54) is 6.42 Å². The average molecular weight is 296 g/mol. The van der Waals surface area contributed by atoms with E-state index in [-0.39, 0.29) is 6.03 Å². The van der Waals surface area contributed by atoms with Crippen LogP contribution in [-0.2, 0) is 4.79 Å². The molecule has 2 amide bonds. The lowest BCUT2D eigenvalue weighted by atomic mass is 9.76.